The molecule has 0 saturated carbocycles. The number of allylic oxidation sites excluding steroid dienone is 2. The second-order valence-electron chi connectivity index (χ2n) is 18.8. The molecule has 0 spiro atoms. The van der Waals surface area contributed by atoms with Crippen LogP contribution in [-0.4, -0.2) is 98.7 Å². The van der Waals surface area contributed by atoms with Gasteiger partial charge in [-0.2, -0.15) is 0 Å². The van der Waals surface area contributed by atoms with Gasteiger partial charge >= 0.3 is 0 Å². The van der Waals surface area contributed by atoms with Crippen molar-refractivity contribution in [3.8, 4) is 0 Å². The van der Waals surface area contributed by atoms with Gasteiger partial charge in [0.15, 0.2) is 6.29 Å². The summed E-state index contributed by atoms with van der Waals surface area (Å²) in [5, 5.41) is 65.1. The Morgan fingerprint density at radius 2 is 0.903 bits per heavy atom. The van der Waals surface area contributed by atoms with Gasteiger partial charge in [-0.25, -0.2) is 0 Å². The minimum Gasteiger partial charge on any atom is -0.394 e. The van der Waals surface area contributed by atoms with Crippen molar-refractivity contribution in [3.63, 3.8) is 0 Å². The van der Waals surface area contributed by atoms with Crippen LogP contribution in [0.5, 0.6) is 0 Å². The Morgan fingerprint density at radius 1 is 0.532 bits per heavy atom. The van der Waals surface area contributed by atoms with Gasteiger partial charge in [0.1, 0.15) is 30.5 Å². The maximum Gasteiger partial charge on any atom is 0.249 e. The number of ether oxygens (including phenoxy) is 2. The van der Waals surface area contributed by atoms with E-state index in [1.54, 1.807) is 0 Å². The average molecular weight is 884 g/mol. The summed E-state index contributed by atoms with van der Waals surface area (Å²) in [5.41, 5.74) is 0. The number of hydrogen-bond donors (Lipinski definition) is 7. The summed E-state index contributed by atoms with van der Waals surface area (Å²) < 4.78 is 11.2. The van der Waals surface area contributed by atoms with E-state index < -0.39 is 61.5 Å². The Balaban J connectivity index is 2.31. The molecule has 0 aromatic carbocycles. The van der Waals surface area contributed by atoms with Gasteiger partial charge in [0, 0.05) is 0 Å². The van der Waals surface area contributed by atoms with E-state index in [2.05, 4.69) is 31.3 Å². The topological polar surface area (TPSA) is 169 Å². The Labute approximate surface area is 380 Å². The van der Waals surface area contributed by atoms with Crippen LogP contribution < -0.4 is 5.32 Å². The smallest absolute Gasteiger partial charge is 0.249 e. The third-order valence-electron chi connectivity index (χ3n) is 13.0. The number of nitrogens with one attached hydrogen (secondary N) is 1. The molecule has 7 N–H and O–H groups in total. The van der Waals surface area contributed by atoms with E-state index in [9.17, 15) is 35.4 Å². The van der Waals surface area contributed by atoms with Gasteiger partial charge < -0.3 is 45.4 Å². The van der Waals surface area contributed by atoms with E-state index in [1.807, 2.05) is 0 Å². The van der Waals surface area contributed by atoms with Crippen molar-refractivity contribution in [2.24, 2.45) is 0 Å². The molecule has 0 aliphatic carbocycles. The number of amides is 1. The lowest BCUT2D eigenvalue weighted by Crippen LogP contribution is -2.60. The third kappa shape index (κ3) is 31.7. The Kier molecular flexibility index (Phi) is 40.4. The molecule has 0 bridgehead atoms. The van der Waals surface area contributed by atoms with E-state index in [-0.39, 0.29) is 6.61 Å². The molecule has 0 aromatic rings. The van der Waals surface area contributed by atoms with E-state index in [0.717, 1.165) is 57.8 Å². The van der Waals surface area contributed by atoms with Gasteiger partial charge in [0.25, 0.3) is 0 Å². The highest BCUT2D eigenvalue weighted by molar-refractivity contribution is 5.80. The predicted octanol–water partition coefficient (Wildman–Crippen LogP) is 11.0. The highest BCUT2D eigenvalue weighted by atomic mass is 16.7. The number of aliphatic hydroxyl groups excluding tert-OH is 6. The van der Waals surface area contributed by atoms with Gasteiger partial charge in [0.2, 0.25) is 5.91 Å². The van der Waals surface area contributed by atoms with Crippen molar-refractivity contribution in [1.82, 2.24) is 5.32 Å². The zero-order chi connectivity index (χ0) is 45.3. The van der Waals surface area contributed by atoms with Crippen LogP contribution in [0.15, 0.2) is 12.2 Å². The van der Waals surface area contributed by atoms with Crippen LogP contribution in [0.1, 0.15) is 251 Å². The van der Waals surface area contributed by atoms with Crippen molar-refractivity contribution >= 4 is 5.91 Å². The normalized spacial score (nSPS) is 20.8. The second kappa shape index (κ2) is 42.5. The Hall–Kier alpha value is -1.11. The maximum absolute atomic E-state index is 13.1. The minimum atomic E-state index is -1.60. The molecule has 1 fully saturated rings. The molecule has 0 aromatic heterocycles. The monoisotopic (exact) mass is 884 g/mol. The lowest BCUT2D eigenvalue weighted by molar-refractivity contribution is -0.302. The second-order valence-corrected chi connectivity index (χ2v) is 18.8. The number of rotatable bonds is 45. The van der Waals surface area contributed by atoms with Crippen LogP contribution in [0, 0.1) is 0 Å². The molecule has 1 aliphatic rings. The van der Waals surface area contributed by atoms with Crippen LogP contribution in [0.4, 0.5) is 0 Å². The van der Waals surface area contributed by atoms with Crippen molar-refractivity contribution in [2.75, 3.05) is 13.2 Å². The molecule has 1 heterocycles. The quantitative estimate of drug-likeness (QED) is 0.0232. The highest BCUT2D eigenvalue weighted by Crippen LogP contribution is 2.23. The third-order valence-corrected chi connectivity index (χ3v) is 13.0. The summed E-state index contributed by atoms with van der Waals surface area (Å²) in [4.78, 5) is 13.1. The number of carbonyl (C=O) groups is 1. The number of aliphatic hydroxyl groups is 6. The average Bonchev–Trinajstić information content (AvgIpc) is 3.27. The molecule has 10 heteroatoms. The number of carbonyl (C=O) groups excluding carboxylic acids is 1. The van der Waals surface area contributed by atoms with Crippen molar-refractivity contribution in [3.05, 3.63) is 12.2 Å². The molecule has 10 nitrogen and oxygen atoms in total. The standard InChI is InChI=1S/C52H101NO9/c1-3-5-7-9-11-13-15-17-19-21-22-23-25-27-29-31-33-35-37-39-41-46(56)51(60)53-44(43-61-52-50(59)49(58)48(57)47(42-54)62-52)45(55)40-38-36-34-32-30-28-26-24-20-18-16-14-12-10-8-6-4-2/h23,25,44-50,52,54-59H,3-22,24,26-43H2,1-2H3,(H,53,60)/b25-23-. The summed E-state index contributed by atoms with van der Waals surface area (Å²) in [6, 6.07) is -0.894. The summed E-state index contributed by atoms with van der Waals surface area (Å²) in [6.45, 7) is 3.69. The van der Waals surface area contributed by atoms with Crippen LogP contribution in [0.3, 0.4) is 0 Å². The van der Waals surface area contributed by atoms with E-state index in [1.165, 1.54) is 167 Å². The van der Waals surface area contributed by atoms with Crippen LogP contribution in [0.25, 0.3) is 0 Å². The van der Waals surface area contributed by atoms with Gasteiger partial charge in [-0.15, -0.1) is 0 Å². The molecule has 1 rings (SSSR count). The maximum atomic E-state index is 13.1. The number of unbranched alkanes of at least 4 members (excludes halogenated alkanes) is 32. The molecule has 1 aliphatic heterocycles. The summed E-state index contributed by atoms with van der Waals surface area (Å²) >= 11 is 0. The van der Waals surface area contributed by atoms with Crippen molar-refractivity contribution < 1.29 is 44.9 Å². The molecule has 62 heavy (non-hydrogen) atoms. The zero-order valence-corrected chi connectivity index (χ0v) is 40.3. The van der Waals surface area contributed by atoms with Gasteiger partial charge in [-0.1, -0.05) is 225 Å². The summed E-state index contributed by atoms with van der Waals surface area (Å²) in [5.74, 6) is -0.585. The predicted molar refractivity (Wildman–Crippen MR) is 255 cm³/mol. The largest absolute Gasteiger partial charge is 0.394 e. The van der Waals surface area contributed by atoms with E-state index >= 15 is 0 Å². The molecule has 1 saturated heterocycles. The lowest BCUT2D eigenvalue weighted by Gasteiger charge is -2.40. The van der Waals surface area contributed by atoms with Gasteiger partial charge in [0.05, 0.1) is 25.4 Å². The van der Waals surface area contributed by atoms with Crippen molar-refractivity contribution in [2.45, 2.75) is 300 Å². The molecule has 8 unspecified atom stereocenters. The van der Waals surface area contributed by atoms with Gasteiger partial charge in [-0.3, -0.25) is 4.79 Å². The number of hydrogen-bond acceptors (Lipinski definition) is 9. The molecule has 368 valence electrons. The first-order chi connectivity index (χ1) is 30.3. The molecular formula is C52H101NO9. The van der Waals surface area contributed by atoms with Crippen LogP contribution >= 0.6 is 0 Å². The first-order valence-corrected chi connectivity index (χ1v) is 26.5. The molecule has 8 atom stereocenters. The first-order valence-electron chi connectivity index (χ1n) is 26.5. The van der Waals surface area contributed by atoms with E-state index in [0.29, 0.717) is 12.8 Å². The first kappa shape index (κ1) is 58.9. The lowest BCUT2D eigenvalue weighted by atomic mass is 9.99. The Bertz CT molecular complexity index is 999. The van der Waals surface area contributed by atoms with E-state index in [4.69, 9.17) is 9.47 Å². The fourth-order valence-corrected chi connectivity index (χ4v) is 8.63. The fraction of sp³-hybridized carbons (Fsp3) is 0.942. The fourth-order valence-electron chi connectivity index (χ4n) is 8.63. The SMILES string of the molecule is CCCCCCCCCCCC/C=C\CCCCCCCCC(O)C(=O)NC(COC1OC(CO)C(O)C(O)C1O)C(O)CCCCCCCCCCCCCCCCCCC. The molecular weight excluding hydrogens is 783 g/mol. The summed E-state index contributed by atoms with van der Waals surface area (Å²) in [7, 11) is 0. The molecule has 0 radical (unpaired) electrons. The zero-order valence-electron chi connectivity index (χ0n) is 40.3. The summed E-state index contributed by atoms with van der Waals surface area (Å²) in [6.07, 6.45) is 39.7. The minimum absolute atomic E-state index is 0.254. The van der Waals surface area contributed by atoms with Crippen molar-refractivity contribution in [1.29, 1.82) is 0 Å². The molecule has 1 amide bonds. The van der Waals surface area contributed by atoms with Crippen LogP contribution in [-0.2, 0) is 14.3 Å². The van der Waals surface area contributed by atoms with Crippen LogP contribution in [0.2, 0.25) is 0 Å². The highest BCUT2D eigenvalue weighted by Gasteiger charge is 2.44. The Morgan fingerprint density at radius 3 is 1.31 bits per heavy atom. The van der Waals surface area contributed by atoms with Gasteiger partial charge in [-0.05, 0) is 38.5 Å².